The van der Waals surface area contributed by atoms with Crippen LogP contribution in [-0.2, 0) is 14.3 Å². The molecule has 0 bridgehead atoms. The maximum absolute atomic E-state index is 12.9. The molecular formula is C30H46O5. The van der Waals surface area contributed by atoms with Crippen molar-refractivity contribution < 1.29 is 24.5 Å². The number of aliphatic hydroxyl groups excluding tert-OH is 2. The summed E-state index contributed by atoms with van der Waals surface area (Å²) in [5.41, 5.74) is 1.37. The molecule has 0 heterocycles. The Kier molecular flexibility index (Phi) is 7.43. The lowest BCUT2D eigenvalue weighted by Gasteiger charge is -2.60. The number of aliphatic hydroxyl groups is 2. The van der Waals surface area contributed by atoms with Gasteiger partial charge < -0.3 is 19.7 Å². The molecule has 0 aromatic carbocycles. The van der Waals surface area contributed by atoms with Gasteiger partial charge in [-0.1, -0.05) is 51.5 Å². The first-order valence-corrected chi connectivity index (χ1v) is 13.8. The summed E-state index contributed by atoms with van der Waals surface area (Å²) < 4.78 is 5.80. The summed E-state index contributed by atoms with van der Waals surface area (Å²) in [6.07, 6.45) is 8.11. The molecule has 0 unspecified atom stereocenters. The lowest BCUT2D eigenvalue weighted by Crippen LogP contribution is -2.61. The average Bonchev–Trinajstić information content (AvgIpc) is 3.17. The minimum atomic E-state index is -0.637. The number of ether oxygens (including phenoxy) is 1. The molecule has 4 aliphatic carbocycles. The van der Waals surface area contributed by atoms with Crippen molar-refractivity contribution in [3.8, 4) is 0 Å². The van der Waals surface area contributed by atoms with Gasteiger partial charge in [-0.05, 0) is 74.5 Å². The Morgan fingerprint density at radius 1 is 1.29 bits per heavy atom. The van der Waals surface area contributed by atoms with Crippen molar-refractivity contribution in [1.29, 1.82) is 0 Å². The first-order chi connectivity index (χ1) is 16.5. The summed E-state index contributed by atoms with van der Waals surface area (Å²) in [5, 5.41) is 22.3. The van der Waals surface area contributed by atoms with Crippen LogP contribution in [0.1, 0.15) is 86.0 Å². The highest BCUT2D eigenvalue weighted by Crippen LogP contribution is 2.67. The van der Waals surface area contributed by atoms with Gasteiger partial charge in [0.15, 0.2) is 0 Å². The number of hydrogen-bond acceptors (Lipinski definition) is 5. The number of allylic oxidation sites excluding steroid dienone is 2. The highest BCUT2D eigenvalue weighted by atomic mass is 16.5. The number of carbonyl (C=O) groups excluding carboxylic acids is 2. The first kappa shape index (κ1) is 26.6. The van der Waals surface area contributed by atoms with Crippen molar-refractivity contribution >= 4 is 12.3 Å². The minimum Gasteiger partial charge on any atom is -0.462 e. The minimum absolute atomic E-state index is 0.0767. The van der Waals surface area contributed by atoms with E-state index in [9.17, 15) is 19.8 Å². The number of esters is 1. The van der Waals surface area contributed by atoms with Crippen LogP contribution in [0.5, 0.6) is 0 Å². The Hall–Kier alpha value is -1.46. The molecule has 4 aliphatic rings. The molecule has 0 saturated heterocycles. The topological polar surface area (TPSA) is 83.8 Å². The molecular weight excluding hydrogens is 440 g/mol. The summed E-state index contributed by atoms with van der Waals surface area (Å²) in [6.45, 7) is 14.4. The molecule has 10 atom stereocenters. The fourth-order valence-electron chi connectivity index (χ4n) is 8.84. The van der Waals surface area contributed by atoms with Gasteiger partial charge in [-0.25, -0.2) is 0 Å². The fourth-order valence-corrected chi connectivity index (χ4v) is 8.84. The smallest absolute Gasteiger partial charge is 0.302 e. The van der Waals surface area contributed by atoms with Gasteiger partial charge in [0.2, 0.25) is 0 Å². The monoisotopic (exact) mass is 486 g/mol. The van der Waals surface area contributed by atoms with E-state index in [4.69, 9.17) is 4.74 Å². The predicted molar refractivity (Wildman–Crippen MR) is 136 cm³/mol. The van der Waals surface area contributed by atoms with E-state index in [1.807, 2.05) is 0 Å². The summed E-state index contributed by atoms with van der Waals surface area (Å²) in [7, 11) is 0. The van der Waals surface area contributed by atoms with Crippen LogP contribution in [0.4, 0.5) is 0 Å². The van der Waals surface area contributed by atoms with Gasteiger partial charge in [-0.3, -0.25) is 4.79 Å². The standard InChI is InChI=1S/C30H46O5/c1-17(2)18(3)7-8-19(4)24-11-12-25-23-10-9-21-13-22(33)14-27(35-20(5)32)29(21,6)28(23)26(34)15-30(24,25)16-31/h9,16-17,19,22-28,33-34H,3,7-8,10-15H2,1-2,4-6H3/t19-,22-,23+,24-,25+,26-,27+,28-,29-,30+/m1/s1. The second-order valence-electron chi connectivity index (χ2n) is 12.8. The van der Waals surface area contributed by atoms with Crippen LogP contribution in [-0.4, -0.2) is 40.8 Å². The van der Waals surface area contributed by atoms with E-state index < -0.39 is 29.1 Å². The molecule has 0 radical (unpaired) electrons. The van der Waals surface area contributed by atoms with Gasteiger partial charge in [0.25, 0.3) is 0 Å². The van der Waals surface area contributed by atoms with Gasteiger partial charge in [-0.15, -0.1) is 0 Å². The molecule has 0 aromatic rings. The van der Waals surface area contributed by atoms with Crippen LogP contribution in [0.15, 0.2) is 23.8 Å². The van der Waals surface area contributed by atoms with E-state index >= 15 is 0 Å². The Morgan fingerprint density at radius 2 is 2.00 bits per heavy atom. The molecule has 5 heteroatoms. The highest BCUT2D eigenvalue weighted by molar-refractivity contribution is 5.66. The lowest BCUT2D eigenvalue weighted by molar-refractivity contribution is -0.183. The summed E-state index contributed by atoms with van der Waals surface area (Å²) in [4.78, 5) is 24.9. The van der Waals surface area contributed by atoms with Crippen molar-refractivity contribution in [2.45, 2.75) is 104 Å². The van der Waals surface area contributed by atoms with Crippen LogP contribution < -0.4 is 0 Å². The van der Waals surface area contributed by atoms with Crippen LogP contribution in [0.2, 0.25) is 0 Å². The summed E-state index contributed by atoms with van der Waals surface area (Å²) in [5.74, 6) is 1.12. The molecule has 5 nitrogen and oxygen atoms in total. The number of carbonyl (C=O) groups is 2. The fraction of sp³-hybridized carbons (Fsp3) is 0.800. The van der Waals surface area contributed by atoms with Crippen molar-refractivity contribution in [2.75, 3.05) is 0 Å². The van der Waals surface area contributed by atoms with Gasteiger partial charge in [0.1, 0.15) is 12.4 Å². The van der Waals surface area contributed by atoms with E-state index in [1.165, 1.54) is 18.8 Å². The maximum Gasteiger partial charge on any atom is 0.302 e. The maximum atomic E-state index is 12.9. The molecule has 3 fully saturated rings. The average molecular weight is 487 g/mol. The second kappa shape index (κ2) is 9.78. The Balaban J connectivity index is 1.64. The van der Waals surface area contributed by atoms with E-state index in [1.54, 1.807) is 0 Å². The molecule has 2 N–H and O–H groups in total. The van der Waals surface area contributed by atoms with E-state index in [2.05, 4.69) is 40.3 Å². The van der Waals surface area contributed by atoms with Crippen molar-refractivity contribution in [3.63, 3.8) is 0 Å². The van der Waals surface area contributed by atoms with Crippen molar-refractivity contribution in [2.24, 2.45) is 46.3 Å². The van der Waals surface area contributed by atoms with Gasteiger partial charge in [-0.2, -0.15) is 0 Å². The number of rotatable bonds is 7. The number of aldehydes is 1. The zero-order chi connectivity index (χ0) is 25.7. The summed E-state index contributed by atoms with van der Waals surface area (Å²) >= 11 is 0. The van der Waals surface area contributed by atoms with E-state index in [-0.39, 0.29) is 29.6 Å². The molecule has 35 heavy (non-hydrogen) atoms. The normalized spacial score (nSPS) is 43.4. The molecule has 0 aliphatic heterocycles. The molecule has 0 aromatic heterocycles. The number of fused-ring (bicyclic) bond motifs is 5. The van der Waals surface area contributed by atoms with Gasteiger partial charge >= 0.3 is 5.97 Å². The Labute approximate surface area is 211 Å². The van der Waals surface area contributed by atoms with Crippen LogP contribution in [0, 0.1) is 46.3 Å². The largest absolute Gasteiger partial charge is 0.462 e. The third kappa shape index (κ3) is 4.35. The van der Waals surface area contributed by atoms with E-state index in [0.29, 0.717) is 31.1 Å². The Morgan fingerprint density at radius 3 is 2.63 bits per heavy atom. The van der Waals surface area contributed by atoms with Crippen LogP contribution in [0.3, 0.4) is 0 Å². The molecule has 0 amide bonds. The van der Waals surface area contributed by atoms with Crippen LogP contribution in [0.25, 0.3) is 0 Å². The lowest BCUT2D eigenvalue weighted by atomic mass is 9.45. The highest BCUT2D eigenvalue weighted by Gasteiger charge is 2.66. The second-order valence-corrected chi connectivity index (χ2v) is 12.8. The third-order valence-electron chi connectivity index (χ3n) is 10.7. The Bertz CT molecular complexity index is 876. The SMILES string of the molecule is C=C(CC[C@@H](C)[C@H]1CC[C@H]2[C@@H]3CC=C4C[C@@H](O)C[C@H](OC(C)=O)[C@]4(C)[C@H]3[C@H](O)C[C@]12C=O)C(C)C. The molecule has 3 saturated carbocycles. The quantitative estimate of drug-likeness (QED) is 0.292. The third-order valence-corrected chi connectivity index (χ3v) is 10.7. The van der Waals surface area contributed by atoms with E-state index in [0.717, 1.165) is 37.7 Å². The number of hydrogen-bond donors (Lipinski definition) is 2. The summed E-state index contributed by atoms with van der Waals surface area (Å²) in [6, 6.07) is 0. The van der Waals surface area contributed by atoms with Gasteiger partial charge in [0.05, 0.1) is 12.2 Å². The molecule has 196 valence electrons. The van der Waals surface area contributed by atoms with Gasteiger partial charge in [0, 0.05) is 30.1 Å². The zero-order valence-corrected chi connectivity index (χ0v) is 22.3. The van der Waals surface area contributed by atoms with Crippen molar-refractivity contribution in [3.05, 3.63) is 23.8 Å². The molecule has 0 spiro atoms. The molecule has 4 rings (SSSR count). The first-order valence-electron chi connectivity index (χ1n) is 13.8. The van der Waals surface area contributed by atoms with Crippen molar-refractivity contribution in [1.82, 2.24) is 0 Å². The zero-order valence-electron chi connectivity index (χ0n) is 22.3. The predicted octanol–water partition coefficient (Wildman–Crippen LogP) is 5.25. The van der Waals surface area contributed by atoms with Crippen LogP contribution >= 0.6 is 0 Å².